The highest BCUT2D eigenvalue weighted by molar-refractivity contribution is 9.11. The van der Waals surface area contributed by atoms with E-state index in [1.165, 1.54) is 12.1 Å². The predicted octanol–water partition coefficient (Wildman–Crippen LogP) is 4.79. The van der Waals surface area contributed by atoms with Crippen LogP contribution in [0.5, 0.6) is 5.75 Å². The van der Waals surface area contributed by atoms with E-state index in [1.54, 1.807) is 6.07 Å². The Hall–Kier alpha value is -0.370. The zero-order chi connectivity index (χ0) is 13.3. The van der Waals surface area contributed by atoms with E-state index in [0.29, 0.717) is 0 Å². The van der Waals surface area contributed by atoms with Gasteiger partial charge in [0.2, 0.25) is 0 Å². The van der Waals surface area contributed by atoms with Crippen molar-refractivity contribution in [3.63, 3.8) is 0 Å². The van der Waals surface area contributed by atoms with Gasteiger partial charge < -0.3 is 4.74 Å². The SMILES string of the molecule is FC(F)(F)C(F)(F)COc1c(Br)cccc1Br. The van der Waals surface area contributed by atoms with Crippen molar-refractivity contribution in [1.82, 2.24) is 0 Å². The third-order valence-corrected chi connectivity index (χ3v) is 2.98. The van der Waals surface area contributed by atoms with Gasteiger partial charge in [-0.15, -0.1) is 0 Å². The molecule has 0 radical (unpaired) electrons. The Labute approximate surface area is 110 Å². The maximum atomic E-state index is 12.6. The number of rotatable bonds is 3. The third-order valence-electron chi connectivity index (χ3n) is 1.73. The monoisotopic (exact) mass is 382 g/mol. The molecule has 0 amide bonds. The average Bonchev–Trinajstić information content (AvgIpc) is 2.15. The Balaban J connectivity index is 2.81. The van der Waals surface area contributed by atoms with E-state index in [9.17, 15) is 22.0 Å². The molecule has 1 nitrogen and oxygen atoms in total. The maximum absolute atomic E-state index is 12.6. The van der Waals surface area contributed by atoms with Crippen molar-refractivity contribution in [2.24, 2.45) is 0 Å². The topological polar surface area (TPSA) is 9.23 Å². The Bertz CT molecular complexity index is 385. The molecule has 17 heavy (non-hydrogen) atoms. The van der Waals surface area contributed by atoms with Crippen molar-refractivity contribution in [1.29, 1.82) is 0 Å². The molecule has 0 saturated carbocycles. The van der Waals surface area contributed by atoms with Gasteiger partial charge in [0.25, 0.3) is 0 Å². The molecule has 0 bridgehead atoms. The van der Waals surface area contributed by atoms with Gasteiger partial charge in [-0.3, -0.25) is 0 Å². The lowest BCUT2D eigenvalue weighted by Gasteiger charge is -2.20. The third kappa shape index (κ3) is 3.54. The van der Waals surface area contributed by atoms with Crippen molar-refractivity contribution < 1.29 is 26.7 Å². The summed E-state index contributed by atoms with van der Waals surface area (Å²) in [5.41, 5.74) is 0. The molecular weight excluding hydrogens is 379 g/mol. The number of alkyl halides is 5. The van der Waals surface area contributed by atoms with E-state index in [4.69, 9.17) is 0 Å². The van der Waals surface area contributed by atoms with E-state index >= 15 is 0 Å². The number of para-hydroxylation sites is 1. The smallest absolute Gasteiger partial charge is 0.456 e. The van der Waals surface area contributed by atoms with Crippen LogP contribution in [-0.4, -0.2) is 18.7 Å². The minimum Gasteiger partial charge on any atom is -0.485 e. The molecule has 1 aromatic carbocycles. The minimum atomic E-state index is -5.62. The van der Waals surface area contributed by atoms with Gasteiger partial charge in [-0.25, -0.2) is 0 Å². The molecule has 0 atom stereocenters. The lowest BCUT2D eigenvalue weighted by Crippen LogP contribution is -2.41. The van der Waals surface area contributed by atoms with Gasteiger partial charge in [-0.05, 0) is 44.0 Å². The Morgan fingerprint density at radius 3 is 1.88 bits per heavy atom. The van der Waals surface area contributed by atoms with Crippen molar-refractivity contribution >= 4 is 31.9 Å². The van der Waals surface area contributed by atoms with Crippen molar-refractivity contribution in [2.45, 2.75) is 12.1 Å². The van der Waals surface area contributed by atoms with Gasteiger partial charge >= 0.3 is 12.1 Å². The van der Waals surface area contributed by atoms with Crippen LogP contribution in [0.1, 0.15) is 0 Å². The molecule has 0 unspecified atom stereocenters. The van der Waals surface area contributed by atoms with Crippen LogP contribution in [0.15, 0.2) is 27.1 Å². The second-order valence-corrected chi connectivity index (χ2v) is 4.75. The summed E-state index contributed by atoms with van der Waals surface area (Å²) in [6, 6.07) is 4.50. The summed E-state index contributed by atoms with van der Waals surface area (Å²) in [4.78, 5) is 0. The van der Waals surface area contributed by atoms with Crippen LogP contribution in [0.2, 0.25) is 0 Å². The van der Waals surface area contributed by atoms with Crippen LogP contribution in [0, 0.1) is 0 Å². The average molecular weight is 384 g/mol. The number of hydrogen-bond acceptors (Lipinski definition) is 1. The molecule has 1 aromatic rings. The van der Waals surface area contributed by atoms with Crippen LogP contribution in [0.25, 0.3) is 0 Å². The van der Waals surface area contributed by atoms with E-state index in [0.717, 1.165) is 0 Å². The van der Waals surface area contributed by atoms with E-state index < -0.39 is 18.7 Å². The first-order valence-electron chi connectivity index (χ1n) is 4.16. The molecule has 0 N–H and O–H groups in total. The summed E-state index contributed by atoms with van der Waals surface area (Å²) in [6.45, 7) is -1.77. The van der Waals surface area contributed by atoms with Crippen LogP contribution in [-0.2, 0) is 0 Å². The van der Waals surface area contributed by atoms with Crippen LogP contribution in [0.3, 0.4) is 0 Å². The van der Waals surface area contributed by atoms with Gasteiger partial charge in [0, 0.05) is 0 Å². The molecule has 0 aliphatic carbocycles. The molecule has 0 aliphatic heterocycles. The van der Waals surface area contributed by atoms with Crippen molar-refractivity contribution in [3.8, 4) is 5.75 Å². The summed E-state index contributed by atoms with van der Waals surface area (Å²) < 4.78 is 65.9. The second-order valence-electron chi connectivity index (χ2n) is 3.04. The summed E-state index contributed by atoms with van der Waals surface area (Å²) in [5.74, 6) is -4.99. The number of halogens is 7. The first-order valence-corrected chi connectivity index (χ1v) is 5.75. The fraction of sp³-hybridized carbons (Fsp3) is 0.333. The van der Waals surface area contributed by atoms with E-state index in [1.807, 2.05) is 0 Å². The Morgan fingerprint density at radius 2 is 1.47 bits per heavy atom. The van der Waals surface area contributed by atoms with Gasteiger partial charge in [-0.2, -0.15) is 22.0 Å². The molecule has 0 fully saturated rings. The fourth-order valence-electron chi connectivity index (χ4n) is 0.865. The number of ether oxygens (including phenoxy) is 1. The molecule has 1 rings (SSSR count). The van der Waals surface area contributed by atoms with E-state index in [2.05, 4.69) is 36.6 Å². The summed E-state index contributed by atoms with van der Waals surface area (Å²) in [5, 5.41) is 0. The Morgan fingerprint density at radius 1 is 1.00 bits per heavy atom. The standard InChI is InChI=1S/C9H5Br2F5O/c10-5-2-1-3-6(11)7(5)17-4-8(12,13)9(14,15)16/h1-3H,4H2. The molecular formula is C9H5Br2F5O. The number of benzene rings is 1. The maximum Gasteiger partial charge on any atom is 0.456 e. The second kappa shape index (κ2) is 5.09. The van der Waals surface area contributed by atoms with Gasteiger partial charge in [0.1, 0.15) is 5.75 Å². The summed E-state index contributed by atoms with van der Waals surface area (Å²) >= 11 is 5.97. The summed E-state index contributed by atoms with van der Waals surface area (Å²) in [7, 11) is 0. The molecule has 96 valence electrons. The molecule has 8 heteroatoms. The van der Waals surface area contributed by atoms with Crippen LogP contribution < -0.4 is 4.74 Å². The lowest BCUT2D eigenvalue weighted by atomic mass is 10.3. The molecule has 0 heterocycles. The van der Waals surface area contributed by atoms with Crippen LogP contribution >= 0.6 is 31.9 Å². The van der Waals surface area contributed by atoms with E-state index in [-0.39, 0.29) is 14.7 Å². The summed E-state index contributed by atoms with van der Waals surface area (Å²) in [6.07, 6.45) is -5.62. The molecule has 0 spiro atoms. The van der Waals surface area contributed by atoms with Crippen LogP contribution in [0.4, 0.5) is 22.0 Å². The first kappa shape index (κ1) is 14.7. The predicted molar refractivity (Wildman–Crippen MR) is 58.3 cm³/mol. The zero-order valence-corrected chi connectivity index (χ0v) is 11.2. The highest BCUT2D eigenvalue weighted by Gasteiger charge is 2.58. The van der Waals surface area contributed by atoms with Crippen molar-refractivity contribution in [2.75, 3.05) is 6.61 Å². The highest BCUT2D eigenvalue weighted by Crippen LogP contribution is 2.38. The molecule has 0 aliphatic rings. The highest BCUT2D eigenvalue weighted by atomic mass is 79.9. The minimum absolute atomic E-state index is 0.101. The fourth-order valence-corrected chi connectivity index (χ4v) is 2.09. The van der Waals surface area contributed by atoms with Gasteiger partial charge in [-0.1, -0.05) is 6.07 Å². The largest absolute Gasteiger partial charge is 0.485 e. The quantitative estimate of drug-likeness (QED) is 0.682. The Kier molecular flexibility index (Phi) is 4.40. The zero-order valence-electron chi connectivity index (χ0n) is 7.99. The normalized spacial score (nSPS) is 12.6. The van der Waals surface area contributed by atoms with Crippen molar-refractivity contribution in [3.05, 3.63) is 27.1 Å². The lowest BCUT2D eigenvalue weighted by molar-refractivity contribution is -0.290. The molecule has 0 aromatic heterocycles. The van der Waals surface area contributed by atoms with Gasteiger partial charge in [0.05, 0.1) is 8.95 Å². The number of hydrogen-bond donors (Lipinski definition) is 0. The molecule has 0 saturated heterocycles. The first-order chi connectivity index (χ1) is 7.65. The van der Waals surface area contributed by atoms with Gasteiger partial charge in [0.15, 0.2) is 6.61 Å².